The highest BCUT2D eigenvalue weighted by Gasteiger charge is 2.30. The standard InChI is InChI=1S/C13H10F3NO/c1-10(13(14,15)16)2-3-11-4-6-12(7-5-11)8-9-17-18/h4-7,9,18H,1,8H2. The van der Waals surface area contributed by atoms with Crippen LogP contribution in [0.25, 0.3) is 0 Å². The summed E-state index contributed by atoms with van der Waals surface area (Å²) in [6.07, 6.45) is -2.73. The van der Waals surface area contributed by atoms with E-state index >= 15 is 0 Å². The zero-order valence-corrected chi connectivity index (χ0v) is 9.33. The first-order valence-corrected chi connectivity index (χ1v) is 4.96. The van der Waals surface area contributed by atoms with Crippen molar-refractivity contribution in [3.63, 3.8) is 0 Å². The van der Waals surface area contributed by atoms with Crippen molar-refractivity contribution in [2.45, 2.75) is 12.6 Å². The van der Waals surface area contributed by atoms with Crippen LogP contribution in [0.3, 0.4) is 0 Å². The van der Waals surface area contributed by atoms with Crippen LogP contribution in [0.15, 0.2) is 41.6 Å². The van der Waals surface area contributed by atoms with Gasteiger partial charge in [-0.1, -0.05) is 30.6 Å². The highest BCUT2D eigenvalue weighted by Crippen LogP contribution is 2.23. The van der Waals surface area contributed by atoms with E-state index in [4.69, 9.17) is 5.21 Å². The number of oxime groups is 1. The second-order valence-electron chi connectivity index (χ2n) is 3.43. The minimum atomic E-state index is -4.48. The van der Waals surface area contributed by atoms with Crippen molar-refractivity contribution in [2.24, 2.45) is 5.16 Å². The van der Waals surface area contributed by atoms with Gasteiger partial charge < -0.3 is 5.21 Å². The lowest BCUT2D eigenvalue weighted by molar-refractivity contribution is -0.0868. The van der Waals surface area contributed by atoms with E-state index in [2.05, 4.69) is 17.7 Å². The molecule has 0 saturated carbocycles. The van der Waals surface area contributed by atoms with Gasteiger partial charge in [0.25, 0.3) is 0 Å². The normalized spacial score (nSPS) is 11.1. The predicted octanol–water partition coefficient (Wildman–Crippen LogP) is 3.16. The molecule has 1 aromatic carbocycles. The minimum absolute atomic E-state index is 0.444. The van der Waals surface area contributed by atoms with Crippen LogP contribution in [0.4, 0.5) is 13.2 Å². The molecule has 0 unspecified atom stereocenters. The lowest BCUT2D eigenvalue weighted by Gasteiger charge is -2.01. The number of benzene rings is 1. The van der Waals surface area contributed by atoms with Gasteiger partial charge >= 0.3 is 6.18 Å². The fourth-order valence-electron chi connectivity index (χ4n) is 1.09. The van der Waals surface area contributed by atoms with Crippen LogP contribution in [0.1, 0.15) is 11.1 Å². The molecule has 1 N–H and O–H groups in total. The van der Waals surface area contributed by atoms with E-state index in [-0.39, 0.29) is 0 Å². The van der Waals surface area contributed by atoms with E-state index in [0.717, 1.165) is 5.56 Å². The Labute approximate surface area is 102 Å². The summed E-state index contributed by atoms with van der Waals surface area (Å²) in [7, 11) is 0. The number of hydrogen-bond acceptors (Lipinski definition) is 2. The molecule has 18 heavy (non-hydrogen) atoms. The van der Waals surface area contributed by atoms with E-state index in [1.807, 2.05) is 5.92 Å². The fraction of sp³-hybridized carbons (Fsp3) is 0.154. The van der Waals surface area contributed by atoms with Gasteiger partial charge in [0, 0.05) is 18.2 Å². The van der Waals surface area contributed by atoms with Crippen molar-refractivity contribution < 1.29 is 18.4 Å². The minimum Gasteiger partial charge on any atom is -0.411 e. The summed E-state index contributed by atoms with van der Waals surface area (Å²) in [5.74, 6) is 4.35. The van der Waals surface area contributed by atoms with Crippen LogP contribution in [-0.2, 0) is 6.42 Å². The Hall–Kier alpha value is -2.22. The third kappa shape index (κ3) is 4.34. The molecule has 0 atom stereocenters. The summed E-state index contributed by atoms with van der Waals surface area (Å²) in [4.78, 5) is 0. The van der Waals surface area contributed by atoms with Gasteiger partial charge in [-0.2, -0.15) is 13.2 Å². The van der Waals surface area contributed by atoms with Crippen molar-refractivity contribution in [1.29, 1.82) is 0 Å². The smallest absolute Gasteiger partial charge is 0.411 e. The summed E-state index contributed by atoms with van der Waals surface area (Å²) in [6.45, 7) is 2.86. The largest absolute Gasteiger partial charge is 0.423 e. The van der Waals surface area contributed by atoms with Gasteiger partial charge in [-0.25, -0.2) is 0 Å². The lowest BCUT2D eigenvalue weighted by atomic mass is 10.1. The van der Waals surface area contributed by atoms with Gasteiger partial charge in [0.2, 0.25) is 0 Å². The highest BCUT2D eigenvalue weighted by atomic mass is 19.4. The monoisotopic (exact) mass is 253 g/mol. The quantitative estimate of drug-likeness (QED) is 0.373. The molecule has 0 amide bonds. The molecule has 0 aromatic heterocycles. The second kappa shape index (κ2) is 5.92. The Balaban J connectivity index is 2.76. The number of alkyl halides is 3. The molecule has 0 saturated heterocycles. The Bertz CT molecular complexity index is 504. The first-order valence-electron chi connectivity index (χ1n) is 4.96. The zero-order valence-electron chi connectivity index (χ0n) is 9.33. The van der Waals surface area contributed by atoms with Crippen LogP contribution in [0.5, 0.6) is 0 Å². The molecule has 0 aliphatic heterocycles. The van der Waals surface area contributed by atoms with Crippen molar-refractivity contribution in [3.05, 3.63) is 47.5 Å². The number of hydrogen-bond donors (Lipinski definition) is 1. The summed E-state index contributed by atoms with van der Waals surface area (Å²) >= 11 is 0. The number of halogens is 3. The first kappa shape index (κ1) is 13.8. The van der Waals surface area contributed by atoms with Crippen molar-refractivity contribution >= 4 is 6.21 Å². The third-order valence-corrected chi connectivity index (χ3v) is 2.06. The molecular weight excluding hydrogens is 243 g/mol. The van der Waals surface area contributed by atoms with Crippen LogP contribution in [0.2, 0.25) is 0 Å². The topological polar surface area (TPSA) is 32.6 Å². The maximum atomic E-state index is 12.1. The first-order chi connectivity index (χ1) is 8.43. The summed E-state index contributed by atoms with van der Waals surface area (Å²) in [5, 5.41) is 11.1. The van der Waals surface area contributed by atoms with Gasteiger partial charge in [-0.3, -0.25) is 0 Å². The van der Waals surface area contributed by atoms with Gasteiger partial charge in [0.1, 0.15) is 0 Å². The van der Waals surface area contributed by atoms with E-state index in [1.165, 1.54) is 6.21 Å². The van der Waals surface area contributed by atoms with Crippen molar-refractivity contribution in [2.75, 3.05) is 0 Å². The van der Waals surface area contributed by atoms with Crippen molar-refractivity contribution in [3.8, 4) is 11.8 Å². The summed E-state index contributed by atoms with van der Waals surface area (Å²) < 4.78 is 36.3. The number of rotatable bonds is 2. The van der Waals surface area contributed by atoms with E-state index in [0.29, 0.717) is 12.0 Å². The van der Waals surface area contributed by atoms with Crippen molar-refractivity contribution in [1.82, 2.24) is 0 Å². The Morgan fingerprint density at radius 1 is 1.33 bits per heavy atom. The molecule has 0 spiro atoms. The Kier molecular flexibility index (Phi) is 4.55. The number of nitrogens with zero attached hydrogens (tertiary/aromatic N) is 1. The van der Waals surface area contributed by atoms with E-state index in [9.17, 15) is 13.2 Å². The van der Waals surface area contributed by atoms with Gasteiger partial charge in [0.05, 0.1) is 5.57 Å². The molecule has 2 nitrogen and oxygen atoms in total. The Morgan fingerprint density at radius 3 is 2.44 bits per heavy atom. The van der Waals surface area contributed by atoms with Gasteiger partial charge in [-0.15, -0.1) is 5.16 Å². The number of allylic oxidation sites excluding steroid dienone is 1. The molecule has 0 bridgehead atoms. The van der Waals surface area contributed by atoms with E-state index < -0.39 is 11.7 Å². The van der Waals surface area contributed by atoms with Crippen LogP contribution in [-0.4, -0.2) is 17.6 Å². The summed E-state index contributed by atoms with van der Waals surface area (Å²) in [6, 6.07) is 6.58. The average molecular weight is 253 g/mol. The maximum absolute atomic E-state index is 12.1. The molecule has 0 fully saturated rings. The van der Waals surface area contributed by atoms with E-state index in [1.54, 1.807) is 24.3 Å². The van der Waals surface area contributed by atoms with Gasteiger partial charge in [-0.05, 0) is 17.7 Å². The molecule has 5 heteroatoms. The second-order valence-corrected chi connectivity index (χ2v) is 3.43. The van der Waals surface area contributed by atoms with Crippen LogP contribution in [0, 0.1) is 11.8 Å². The van der Waals surface area contributed by atoms with Crippen LogP contribution < -0.4 is 0 Å². The Morgan fingerprint density at radius 2 is 1.94 bits per heavy atom. The molecule has 0 aliphatic rings. The van der Waals surface area contributed by atoms with Crippen LogP contribution >= 0.6 is 0 Å². The molecule has 94 valence electrons. The molecule has 0 aliphatic carbocycles. The third-order valence-electron chi connectivity index (χ3n) is 2.06. The SMILES string of the molecule is C=C(C#Cc1ccc(CC=NO)cc1)C(F)(F)F. The summed E-state index contributed by atoms with van der Waals surface area (Å²) in [5.41, 5.74) is 0.261. The molecule has 0 heterocycles. The highest BCUT2D eigenvalue weighted by molar-refractivity contribution is 5.60. The average Bonchev–Trinajstić information content (AvgIpc) is 2.33. The molecular formula is C13H10F3NO. The lowest BCUT2D eigenvalue weighted by Crippen LogP contribution is -2.08. The maximum Gasteiger partial charge on any atom is 0.423 e. The zero-order chi connectivity index (χ0) is 13.6. The van der Waals surface area contributed by atoms with Gasteiger partial charge in [0.15, 0.2) is 0 Å². The molecule has 1 aromatic rings. The predicted molar refractivity (Wildman–Crippen MR) is 62.5 cm³/mol. The fourth-order valence-corrected chi connectivity index (χ4v) is 1.09. The molecule has 0 radical (unpaired) electrons. The molecule has 1 rings (SSSR count).